The molecule has 0 radical (unpaired) electrons. The molecule has 108 valence electrons. The second-order valence-electron chi connectivity index (χ2n) is 4.84. The maximum Gasteiger partial charge on any atom is 0.0991 e. The third-order valence-corrected chi connectivity index (χ3v) is 4.04. The van der Waals surface area contributed by atoms with Gasteiger partial charge in [-0.1, -0.05) is 12.1 Å². The molecule has 0 aliphatic carbocycles. The highest BCUT2D eigenvalue weighted by molar-refractivity contribution is 7.07. The molecule has 2 N–H and O–H groups in total. The first-order valence-corrected chi connectivity index (χ1v) is 7.75. The van der Waals surface area contributed by atoms with Crippen LogP contribution in [0.15, 0.2) is 59.8 Å². The number of aliphatic hydroxyl groups is 1. The van der Waals surface area contributed by atoms with Crippen LogP contribution in [0.2, 0.25) is 0 Å². The Morgan fingerprint density at radius 3 is 2.76 bits per heavy atom. The van der Waals surface area contributed by atoms with Crippen LogP contribution in [0.25, 0.3) is 5.69 Å². The van der Waals surface area contributed by atoms with Gasteiger partial charge in [-0.2, -0.15) is 11.3 Å². The third-order valence-electron chi connectivity index (χ3n) is 3.33. The average Bonchev–Trinajstić information content (AvgIpc) is 3.21. The minimum Gasteiger partial charge on any atom is -0.387 e. The highest BCUT2D eigenvalue weighted by Crippen LogP contribution is 2.15. The summed E-state index contributed by atoms with van der Waals surface area (Å²) < 4.78 is 1.97. The monoisotopic (exact) mass is 299 g/mol. The largest absolute Gasteiger partial charge is 0.387 e. The van der Waals surface area contributed by atoms with Crippen molar-refractivity contribution in [1.82, 2.24) is 14.9 Å². The number of thiophene rings is 1. The minimum absolute atomic E-state index is 0.443. The summed E-state index contributed by atoms with van der Waals surface area (Å²) in [4.78, 5) is 4.04. The summed E-state index contributed by atoms with van der Waals surface area (Å²) in [5.41, 5.74) is 3.26. The van der Waals surface area contributed by atoms with Gasteiger partial charge in [0.25, 0.3) is 0 Å². The van der Waals surface area contributed by atoms with E-state index in [0.717, 1.165) is 17.8 Å². The van der Waals surface area contributed by atoms with Crippen LogP contribution in [0.5, 0.6) is 0 Å². The molecular weight excluding hydrogens is 282 g/mol. The van der Waals surface area contributed by atoms with Gasteiger partial charge in [-0.25, -0.2) is 4.98 Å². The zero-order valence-corrected chi connectivity index (χ0v) is 12.3. The van der Waals surface area contributed by atoms with Crippen LogP contribution in [0.4, 0.5) is 0 Å². The topological polar surface area (TPSA) is 50.1 Å². The smallest absolute Gasteiger partial charge is 0.0991 e. The minimum atomic E-state index is -0.443. The molecule has 0 spiro atoms. The van der Waals surface area contributed by atoms with Gasteiger partial charge in [0.2, 0.25) is 0 Å². The highest BCUT2D eigenvalue weighted by Gasteiger charge is 2.06. The second kappa shape index (κ2) is 6.67. The fraction of sp³-hybridized carbons (Fsp3) is 0.188. The van der Waals surface area contributed by atoms with E-state index in [1.165, 1.54) is 5.56 Å². The van der Waals surface area contributed by atoms with Gasteiger partial charge < -0.3 is 15.0 Å². The van der Waals surface area contributed by atoms with Gasteiger partial charge in [-0.05, 0) is 40.1 Å². The van der Waals surface area contributed by atoms with Crippen molar-refractivity contribution in [2.75, 3.05) is 6.54 Å². The lowest BCUT2D eigenvalue weighted by atomic mass is 10.2. The molecular formula is C16H17N3OS. The zero-order valence-electron chi connectivity index (χ0n) is 11.5. The molecule has 5 heteroatoms. The fourth-order valence-electron chi connectivity index (χ4n) is 2.13. The number of nitrogens with zero attached hydrogens (tertiary/aromatic N) is 2. The first-order chi connectivity index (χ1) is 10.3. The van der Waals surface area contributed by atoms with Crippen LogP contribution in [-0.2, 0) is 6.54 Å². The summed E-state index contributed by atoms with van der Waals surface area (Å²) in [6.07, 6.45) is 5.03. The Morgan fingerprint density at radius 1 is 1.24 bits per heavy atom. The van der Waals surface area contributed by atoms with Gasteiger partial charge in [-0.15, -0.1) is 0 Å². The molecule has 2 heterocycles. The molecule has 1 unspecified atom stereocenters. The molecule has 0 aliphatic heterocycles. The number of hydrogen-bond acceptors (Lipinski definition) is 4. The Hall–Kier alpha value is -1.95. The van der Waals surface area contributed by atoms with E-state index in [9.17, 15) is 5.11 Å². The fourth-order valence-corrected chi connectivity index (χ4v) is 2.84. The van der Waals surface area contributed by atoms with Crippen molar-refractivity contribution in [3.8, 4) is 5.69 Å². The lowest BCUT2D eigenvalue weighted by Gasteiger charge is -2.11. The van der Waals surface area contributed by atoms with E-state index in [0.29, 0.717) is 6.54 Å². The highest BCUT2D eigenvalue weighted by atomic mass is 32.1. The number of hydrogen-bond donors (Lipinski definition) is 2. The number of imidazole rings is 1. The van der Waals surface area contributed by atoms with Gasteiger partial charge in [0.05, 0.1) is 12.4 Å². The first-order valence-electron chi connectivity index (χ1n) is 6.81. The summed E-state index contributed by atoms with van der Waals surface area (Å²) >= 11 is 1.60. The summed E-state index contributed by atoms with van der Waals surface area (Å²) in [5.74, 6) is 0. The van der Waals surface area contributed by atoms with Crippen molar-refractivity contribution in [2.24, 2.45) is 0 Å². The Bertz CT molecular complexity index is 647. The molecule has 4 nitrogen and oxygen atoms in total. The van der Waals surface area contributed by atoms with Crippen LogP contribution < -0.4 is 5.32 Å². The van der Waals surface area contributed by atoms with Crippen molar-refractivity contribution >= 4 is 11.3 Å². The number of benzene rings is 1. The summed E-state index contributed by atoms with van der Waals surface area (Å²) in [7, 11) is 0. The number of rotatable bonds is 6. The Balaban J connectivity index is 1.52. The molecule has 0 saturated carbocycles. The third kappa shape index (κ3) is 3.58. The van der Waals surface area contributed by atoms with E-state index in [-0.39, 0.29) is 0 Å². The Labute approximate surface area is 127 Å². The lowest BCUT2D eigenvalue weighted by Crippen LogP contribution is -2.20. The lowest BCUT2D eigenvalue weighted by molar-refractivity contribution is 0.175. The molecule has 0 bridgehead atoms. The number of nitrogens with one attached hydrogen (secondary N) is 1. The molecule has 1 atom stereocenters. The quantitative estimate of drug-likeness (QED) is 0.736. The molecule has 2 aromatic heterocycles. The Kier molecular flexibility index (Phi) is 4.45. The molecule has 0 aliphatic rings. The van der Waals surface area contributed by atoms with Crippen molar-refractivity contribution in [3.63, 3.8) is 0 Å². The second-order valence-corrected chi connectivity index (χ2v) is 5.62. The van der Waals surface area contributed by atoms with E-state index in [1.807, 2.05) is 27.6 Å². The summed E-state index contributed by atoms with van der Waals surface area (Å²) in [6, 6.07) is 10.2. The van der Waals surface area contributed by atoms with Gasteiger partial charge in [0, 0.05) is 31.2 Å². The van der Waals surface area contributed by atoms with E-state index >= 15 is 0 Å². The number of aromatic nitrogens is 2. The van der Waals surface area contributed by atoms with Gasteiger partial charge in [-0.3, -0.25) is 0 Å². The predicted octanol–water partition coefficient (Wildman–Crippen LogP) is 2.76. The maximum absolute atomic E-state index is 9.99. The Morgan fingerprint density at radius 2 is 2.10 bits per heavy atom. The van der Waals surface area contributed by atoms with E-state index < -0.39 is 6.10 Å². The van der Waals surface area contributed by atoms with Gasteiger partial charge in [0.1, 0.15) is 0 Å². The molecule has 0 saturated heterocycles. The SMILES string of the molecule is OC(CNCc1ccc(-n2ccnc2)cc1)c1ccsc1. The molecule has 0 fully saturated rings. The zero-order chi connectivity index (χ0) is 14.5. The first kappa shape index (κ1) is 14.0. The molecule has 3 aromatic rings. The van der Waals surface area contributed by atoms with Crippen LogP contribution in [-0.4, -0.2) is 21.2 Å². The van der Waals surface area contributed by atoms with Crippen LogP contribution in [0, 0.1) is 0 Å². The van der Waals surface area contributed by atoms with E-state index in [4.69, 9.17) is 0 Å². The van der Waals surface area contributed by atoms with Crippen molar-refractivity contribution in [2.45, 2.75) is 12.6 Å². The van der Waals surface area contributed by atoms with Crippen molar-refractivity contribution < 1.29 is 5.11 Å². The van der Waals surface area contributed by atoms with Crippen LogP contribution in [0.3, 0.4) is 0 Å². The molecule has 1 aromatic carbocycles. The molecule has 21 heavy (non-hydrogen) atoms. The van der Waals surface area contributed by atoms with Crippen LogP contribution >= 0.6 is 11.3 Å². The molecule has 0 amide bonds. The van der Waals surface area contributed by atoms with E-state index in [1.54, 1.807) is 23.9 Å². The van der Waals surface area contributed by atoms with Crippen molar-refractivity contribution in [1.29, 1.82) is 0 Å². The maximum atomic E-state index is 9.99. The van der Waals surface area contributed by atoms with Gasteiger partial charge in [0.15, 0.2) is 0 Å². The number of aliphatic hydroxyl groups excluding tert-OH is 1. The van der Waals surface area contributed by atoms with Gasteiger partial charge >= 0.3 is 0 Å². The predicted molar refractivity (Wildman–Crippen MR) is 84.5 cm³/mol. The summed E-state index contributed by atoms with van der Waals surface area (Å²) in [6.45, 7) is 1.30. The standard InChI is InChI=1S/C16H17N3OS/c20-16(14-5-8-21-11-14)10-18-9-13-1-3-15(4-2-13)19-7-6-17-12-19/h1-8,11-12,16,18,20H,9-10H2. The average molecular weight is 299 g/mol. The van der Waals surface area contributed by atoms with Crippen molar-refractivity contribution in [3.05, 3.63) is 70.9 Å². The van der Waals surface area contributed by atoms with Crippen LogP contribution in [0.1, 0.15) is 17.2 Å². The van der Waals surface area contributed by atoms with E-state index in [2.05, 4.69) is 34.6 Å². The normalized spacial score (nSPS) is 12.4. The molecule has 3 rings (SSSR count). The summed E-state index contributed by atoms with van der Waals surface area (Å²) in [5, 5.41) is 17.2.